The third kappa shape index (κ3) is 2.95. The number of ether oxygens (including phenoxy) is 1. The molecule has 0 bridgehead atoms. The summed E-state index contributed by atoms with van der Waals surface area (Å²) in [6.45, 7) is 2.37. The average molecular weight is 293 g/mol. The highest BCUT2D eigenvalue weighted by Gasteiger charge is 2.11. The highest BCUT2D eigenvalue weighted by atomic mass is 16.5. The molecule has 1 aromatic carbocycles. The van der Waals surface area contributed by atoms with Gasteiger partial charge in [-0.15, -0.1) is 0 Å². The lowest BCUT2D eigenvalue weighted by Crippen LogP contribution is -2.32. The van der Waals surface area contributed by atoms with E-state index >= 15 is 0 Å². The summed E-state index contributed by atoms with van der Waals surface area (Å²) < 4.78 is 6.09. The summed E-state index contributed by atoms with van der Waals surface area (Å²) >= 11 is 0. The van der Waals surface area contributed by atoms with Crippen LogP contribution >= 0.6 is 0 Å². The van der Waals surface area contributed by atoms with Crippen LogP contribution < -0.4 is 15.3 Å². The maximum absolute atomic E-state index is 9.54. The van der Waals surface area contributed by atoms with Crippen LogP contribution in [0.2, 0.25) is 0 Å². The zero-order chi connectivity index (χ0) is 15.4. The van der Waals surface area contributed by atoms with E-state index in [-0.39, 0.29) is 6.61 Å². The van der Waals surface area contributed by atoms with Crippen molar-refractivity contribution in [3.63, 3.8) is 0 Å². The van der Waals surface area contributed by atoms with E-state index in [0.29, 0.717) is 12.3 Å². The molecule has 0 unspecified atom stereocenters. The first-order valence-corrected chi connectivity index (χ1v) is 7.43. The number of allylic oxidation sites excluding steroid dienone is 2. The van der Waals surface area contributed by atoms with E-state index in [9.17, 15) is 5.11 Å². The molecule has 0 aliphatic heterocycles. The number of pyridine rings is 1. The van der Waals surface area contributed by atoms with Crippen LogP contribution in [0.1, 0.15) is 23.2 Å². The first kappa shape index (κ1) is 14.5. The number of aliphatic hydroxyl groups excluding tert-OH is 1. The molecule has 0 radical (unpaired) electrons. The Hall–Kier alpha value is -2.39. The van der Waals surface area contributed by atoms with Gasteiger partial charge in [0, 0.05) is 10.8 Å². The molecule has 0 saturated heterocycles. The van der Waals surface area contributed by atoms with Crippen LogP contribution in [0.3, 0.4) is 0 Å². The minimum Gasteiger partial charge on any atom is -0.488 e. The molecule has 1 heterocycles. The molecule has 1 aromatic heterocycles. The molecule has 2 aromatic rings. The number of aliphatic hydroxyl groups is 1. The van der Waals surface area contributed by atoms with Crippen LogP contribution in [0.25, 0.3) is 12.2 Å². The van der Waals surface area contributed by atoms with Crippen LogP contribution in [-0.4, -0.2) is 10.1 Å². The van der Waals surface area contributed by atoms with E-state index < -0.39 is 0 Å². The van der Waals surface area contributed by atoms with E-state index in [1.54, 1.807) is 0 Å². The van der Waals surface area contributed by atoms with Crippen molar-refractivity contribution in [1.29, 1.82) is 0 Å². The monoisotopic (exact) mass is 293 g/mol. The Morgan fingerprint density at radius 2 is 2.05 bits per heavy atom. The molecular formula is C19H19NO2. The number of rotatable bonds is 4. The van der Waals surface area contributed by atoms with E-state index in [2.05, 4.69) is 17.1 Å². The second-order valence-electron chi connectivity index (χ2n) is 5.28. The Morgan fingerprint density at radius 3 is 2.82 bits per heavy atom. The summed E-state index contributed by atoms with van der Waals surface area (Å²) in [5.41, 5.74) is 2.69. The topological polar surface area (TPSA) is 42.4 Å². The number of hydrogen-bond donors (Lipinski definition) is 1. The smallest absolute Gasteiger partial charge is 0.133 e. The largest absolute Gasteiger partial charge is 0.488 e. The normalized spacial score (nSPS) is 12.8. The standard InChI is InChI=1S/C19H19NO2/c1-14-18(12-21)20-17-11-7-3-6-10-16(17)19(14)22-13-15-8-4-2-5-9-15/h2-5,7-11,21H,6,12-13H2,1H3. The van der Waals surface area contributed by atoms with Gasteiger partial charge in [-0.3, -0.25) is 0 Å². The van der Waals surface area contributed by atoms with Gasteiger partial charge in [0.2, 0.25) is 0 Å². The van der Waals surface area contributed by atoms with Gasteiger partial charge in [0.15, 0.2) is 0 Å². The summed E-state index contributed by atoms with van der Waals surface area (Å²) in [5, 5.41) is 11.4. The molecule has 3 nitrogen and oxygen atoms in total. The fourth-order valence-corrected chi connectivity index (χ4v) is 2.56. The Morgan fingerprint density at radius 1 is 1.23 bits per heavy atom. The zero-order valence-corrected chi connectivity index (χ0v) is 12.6. The lowest BCUT2D eigenvalue weighted by molar-refractivity contribution is 0.269. The predicted molar refractivity (Wildman–Crippen MR) is 87.6 cm³/mol. The molecular weight excluding hydrogens is 274 g/mol. The molecule has 0 spiro atoms. The Kier molecular flexibility index (Phi) is 4.35. The van der Waals surface area contributed by atoms with Gasteiger partial charge in [-0.05, 0) is 25.0 Å². The Bertz CT molecular complexity index is 808. The second kappa shape index (κ2) is 6.58. The molecule has 3 rings (SSSR count). The zero-order valence-electron chi connectivity index (χ0n) is 12.6. The van der Waals surface area contributed by atoms with Crippen LogP contribution in [0.4, 0.5) is 0 Å². The number of fused-ring (bicyclic) bond motifs is 1. The molecule has 0 atom stereocenters. The van der Waals surface area contributed by atoms with Crippen LogP contribution in [-0.2, 0) is 13.2 Å². The summed E-state index contributed by atoms with van der Waals surface area (Å²) in [5.74, 6) is 0.817. The minimum atomic E-state index is -0.0850. The predicted octanol–water partition coefficient (Wildman–Crippen LogP) is 1.98. The van der Waals surface area contributed by atoms with Gasteiger partial charge in [0.25, 0.3) is 0 Å². The fourth-order valence-electron chi connectivity index (χ4n) is 2.56. The maximum atomic E-state index is 9.54. The lowest BCUT2D eigenvalue weighted by Gasteiger charge is -2.13. The highest BCUT2D eigenvalue weighted by molar-refractivity contribution is 5.49. The van der Waals surface area contributed by atoms with Gasteiger partial charge in [0.05, 0.1) is 17.6 Å². The van der Waals surface area contributed by atoms with Crippen molar-refractivity contribution in [2.24, 2.45) is 0 Å². The maximum Gasteiger partial charge on any atom is 0.133 e. The minimum absolute atomic E-state index is 0.0850. The molecule has 1 aliphatic rings. The van der Waals surface area contributed by atoms with Gasteiger partial charge in [0.1, 0.15) is 12.4 Å². The molecule has 22 heavy (non-hydrogen) atoms. The van der Waals surface area contributed by atoms with Gasteiger partial charge >= 0.3 is 0 Å². The molecule has 112 valence electrons. The van der Waals surface area contributed by atoms with E-state index in [1.165, 1.54) is 0 Å². The molecule has 0 fully saturated rings. The number of hydrogen-bond acceptors (Lipinski definition) is 3. The van der Waals surface area contributed by atoms with Crippen molar-refractivity contribution >= 4 is 12.2 Å². The summed E-state index contributed by atoms with van der Waals surface area (Å²) in [6.07, 6.45) is 9.01. The first-order chi connectivity index (χ1) is 10.8. The molecule has 0 amide bonds. The molecule has 0 saturated carbocycles. The van der Waals surface area contributed by atoms with Crippen molar-refractivity contribution in [1.82, 2.24) is 4.98 Å². The van der Waals surface area contributed by atoms with E-state index in [4.69, 9.17) is 4.74 Å². The first-order valence-electron chi connectivity index (χ1n) is 7.43. The fraction of sp³-hybridized carbons (Fsp3) is 0.211. The molecule has 3 heteroatoms. The Balaban J connectivity index is 2.05. The van der Waals surface area contributed by atoms with Crippen molar-refractivity contribution < 1.29 is 9.84 Å². The lowest BCUT2D eigenvalue weighted by atomic mass is 10.1. The number of aromatic nitrogens is 1. The van der Waals surface area contributed by atoms with Gasteiger partial charge in [-0.25, -0.2) is 4.98 Å². The summed E-state index contributed by atoms with van der Waals surface area (Å²) in [7, 11) is 0. The summed E-state index contributed by atoms with van der Waals surface area (Å²) in [6, 6.07) is 10.1. The van der Waals surface area contributed by atoms with Crippen molar-refractivity contribution in [2.45, 2.75) is 26.6 Å². The summed E-state index contributed by atoms with van der Waals surface area (Å²) in [4.78, 5) is 4.54. The van der Waals surface area contributed by atoms with Crippen molar-refractivity contribution in [3.05, 3.63) is 69.9 Å². The SMILES string of the molecule is Cc1c(CO)nc2c(c1OCc1ccccc1)=CCC=CC=2. The van der Waals surface area contributed by atoms with Gasteiger partial charge in [-0.1, -0.05) is 48.6 Å². The average Bonchev–Trinajstić information content (AvgIpc) is 2.79. The van der Waals surface area contributed by atoms with E-state index in [0.717, 1.165) is 33.9 Å². The third-order valence-electron chi connectivity index (χ3n) is 3.77. The van der Waals surface area contributed by atoms with Crippen LogP contribution in [0.15, 0.2) is 42.5 Å². The number of nitrogens with zero attached hydrogens (tertiary/aromatic N) is 1. The van der Waals surface area contributed by atoms with Crippen molar-refractivity contribution in [2.75, 3.05) is 0 Å². The molecule has 1 aliphatic carbocycles. The van der Waals surface area contributed by atoms with Crippen LogP contribution in [0, 0.1) is 6.92 Å². The van der Waals surface area contributed by atoms with Gasteiger partial charge < -0.3 is 9.84 Å². The quantitative estimate of drug-likeness (QED) is 0.937. The highest BCUT2D eigenvalue weighted by Crippen LogP contribution is 2.16. The van der Waals surface area contributed by atoms with E-state index in [1.807, 2.05) is 49.4 Å². The Labute approximate surface area is 129 Å². The van der Waals surface area contributed by atoms with Crippen LogP contribution in [0.5, 0.6) is 5.75 Å². The molecule has 1 N–H and O–H groups in total. The number of benzene rings is 1. The van der Waals surface area contributed by atoms with Gasteiger partial charge in [-0.2, -0.15) is 0 Å². The van der Waals surface area contributed by atoms with Crippen molar-refractivity contribution in [3.8, 4) is 5.75 Å². The third-order valence-corrected chi connectivity index (χ3v) is 3.77. The second-order valence-corrected chi connectivity index (χ2v) is 5.28.